The van der Waals surface area contributed by atoms with Crippen LogP contribution in [0.25, 0.3) is 0 Å². The summed E-state index contributed by atoms with van der Waals surface area (Å²) >= 11 is 3.43. The van der Waals surface area contributed by atoms with E-state index in [1.54, 1.807) is 0 Å². The van der Waals surface area contributed by atoms with Crippen molar-refractivity contribution in [1.82, 2.24) is 4.90 Å². The van der Waals surface area contributed by atoms with Crippen LogP contribution in [0, 0.1) is 6.92 Å². The molecule has 2 aromatic carbocycles. The van der Waals surface area contributed by atoms with Gasteiger partial charge in [0.1, 0.15) is 0 Å². The molecule has 4 heteroatoms. The van der Waals surface area contributed by atoms with Crippen LogP contribution in [0.5, 0.6) is 0 Å². The van der Waals surface area contributed by atoms with E-state index < -0.39 is 0 Å². The first kappa shape index (κ1) is 15.6. The third-order valence-electron chi connectivity index (χ3n) is 3.45. The molecule has 0 spiro atoms. The topological polar surface area (TPSA) is 46.3 Å². The van der Waals surface area contributed by atoms with Gasteiger partial charge in [-0.05, 0) is 49.2 Å². The number of amides is 1. The molecule has 0 atom stereocenters. The van der Waals surface area contributed by atoms with Crippen LogP contribution >= 0.6 is 15.9 Å². The number of anilines is 1. The zero-order valence-corrected chi connectivity index (χ0v) is 13.9. The molecule has 21 heavy (non-hydrogen) atoms. The summed E-state index contributed by atoms with van der Waals surface area (Å²) < 4.78 is 0.917. The van der Waals surface area contributed by atoms with Crippen LogP contribution < -0.4 is 5.73 Å². The summed E-state index contributed by atoms with van der Waals surface area (Å²) in [4.78, 5) is 14.5. The first-order valence-corrected chi connectivity index (χ1v) is 7.70. The van der Waals surface area contributed by atoms with Crippen molar-refractivity contribution in [2.45, 2.75) is 20.4 Å². The maximum atomic E-state index is 12.7. The molecule has 0 heterocycles. The number of carbonyl (C=O) groups excluding carboxylic acids is 1. The Labute approximate surface area is 133 Å². The number of nitrogen functional groups attached to an aromatic ring is 1. The molecule has 1 amide bonds. The molecule has 110 valence electrons. The van der Waals surface area contributed by atoms with Gasteiger partial charge in [0.2, 0.25) is 0 Å². The predicted octanol–water partition coefficient (Wildman–Crippen LogP) is 4.00. The summed E-state index contributed by atoms with van der Waals surface area (Å²) in [5, 5.41) is 0. The summed E-state index contributed by atoms with van der Waals surface area (Å²) in [6, 6.07) is 13.4. The second-order valence-electron chi connectivity index (χ2n) is 5.02. The molecule has 2 rings (SSSR count). The summed E-state index contributed by atoms with van der Waals surface area (Å²) in [7, 11) is 0. The standard InChI is InChI=1S/C17H19BrN2O/c1-3-20(11-13-5-8-15(19)9-6-13)17(21)16-10-14(18)7-4-12(16)2/h4-10H,3,11,19H2,1-2H3. The Morgan fingerprint density at radius 2 is 1.86 bits per heavy atom. The van der Waals surface area contributed by atoms with Crippen molar-refractivity contribution >= 4 is 27.5 Å². The van der Waals surface area contributed by atoms with Gasteiger partial charge in [-0.3, -0.25) is 4.79 Å². The van der Waals surface area contributed by atoms with Gasteiger partial charge < -0.3 is 10.6 Å². The highest BCUT2D eigenvalue weighted by molar-refractivity contribution is 9.10. The zero-order valence-electron chi connectivity index (χ0n) is 12.3. The molecule has 0 saturated carbocycles. The summed E-state index contributed by atoms with van der Waals surface area (Å²) in [6.07, 6.45) is 0. The number of benzene rings is 2. The molecular weight excluding hydrogens is 328 g/mol. The van der Waals surface area contributed by atoms with Crippen LogP contribution in [0.2, 0.25) is 0 Å². The van der Waals surface area contributed by atoms with Crippen LogP contribution in [-0.2, 0) is 6.54 Å². The molecule has 2 N–H and O–H groups in total. The van der Waals surface area contributed by atoms with Gasteiger partial charge in [-0.25, -0.2) is 0 Å². The lowest BCUT2D eigenvalue weighted by Gasteiger charge is -2.22. The van der Waals surface area contributed by atoms with E-state index in [4.69, 9.17) is 5.73 Å². The van der Waals surface area contributed by atoms with E-state index >= 15 is 0 Å². The summed E-state index contributed by atoms with van der Waals surface area (Å²) in [5.41, 5.74) is 9.22. The van der Waals surface area contributed by atoms with Crippen molar-refractivity contribution < 1.29 is 4.79 Å². The molecule has 0 aromatic heterocycles. The lowest BCUT2D eigenvalue weighted by atomic mass is 10.1. The normalized spacial score (nSPS) is 10.4. The van der Waals surface area contributed by atoms with Crippen molar-refractivity contribution in [2.75, 3.05) is 12.3 Å². The highest BCUT2D eigenvalue weighted by Gasteiger charge is 2.16. The predicted molar refractivity (Wildman–Crippen MR) is 90.1 cm³/mol. The maximum Gasteiger partial charge on any atom is 0.254 e. The van der Waals surface area contributed by atoms with Crippen molar-refractivity contribution in [3.63, 3.8) is 0 Å². The molecule has 0 bridgehead atoms. The van der Waals surface area contributed by atoms with Crippen molar-refractivity contribution in [1.29, 1.82) is 0 Å². The zero-order chi connectivity index (χ0) is 15.4. The van der Waals surface area contributed by atoms with E-state index in [1.807, 2.05) is 61.2 Å². The Balaban J connectivity index is 2.22. The van der Waals surface area contributed by atoms with Gasteiger partial charge in [0.05, 0.1) is 0 Å². The molecule has 0 radical (unpaired) electrons. The number of nitrogens with zero attached hydrogens (tertiary/aromatic N) is 1. The number of rotatable bonds is 4. The third kappa shape index (κ3) is 3.85. The van der Waals surface area contributed by atoms with Gasteiger partial charge in [-0.15, -0.1) is 0 Å². The van der Waals surface area contributed by atoms with Crippen LogP contribution in [0.1, 0.15) is 28.4 Å². The molecule has 0 unspecified atom stereocenters. The van der Waals surface area contributed by atoms with E-state index in [9.17, 15) is 4.79 Å². The van der Waals surface area contributed by atoms with Crippen molar-refractivity contribution in [3.05, 3.63) is 63.6 Å². The van der Waals surface area contributed by atoms with E-state index in [0.29, 0.717) is 13.1 Å². The largest absolute Gasteiger partial charge is 0.399 e. The molecule has 0 aliphatic rings. The van der Waals surface area contributed by atoms with Gasteiger partial charge in [0.25, 0.3) is 5.91 Å². The Hall–Kier alpha value is -1.81. The molecule has 0 saturated heterocycles. The van der Waals surface area contributed by atoms with Crippen LogP contribution in [0.15, 0.2) is 46.9 Å². The Morgan fingerprint density at radius 1 is 1.19 bits per heavy atom. The lowest BCUT2D eigenvalue weighted by molar-refractivity contribution is 0.0752. The SMILES string of the molecule is CCN(Cc1ccc(N)cc1)C(=O)c1cc(Br)ccc1C. The van der Waals surface area contributed by atoms with E-state index in [-0.39, 0.29) is 5.91 Å². The minimum atomic E-state index is 0.0492. The molecule has 2 aromatic rings. The second kappa shape index (κ2) is 6.76. The molecular formula is C17H19BrN2O. The van der Waals surface area contributed by atoms with Gasteiger partial charge in [-0.1, -0.05) is 34.1 Å². The van der Waals surface area contributed by atoms with E-state index in [1.165, 1.54) is 0 Å². The molecule has 3 nitrogen and oxygen atoms in total. The fraction of sp³-hybridized carbons (Fsp3) is 0.235. The first-order valence-electron chi connectivity index (χ1n) is 6.91. The molecule has 0 aliphatic heterocycles. The average molecular weight is 347 g/mol. The fourth-order valence-corrected chi connectivity index (χ4v) is 2.53. The highest BCUT2D eigenvalue weighted by atomic mass is 79.9. The van der Waals surface area contributed by atoms with Crippen LogP contribution in [-0.4, -0.2) is 17.4 Å². The minimum Gasteiger partial charge on any atom is -0.399 e. The van der Waals surface area contributed by atoms with Crippen LogP contribution in [0.4, 0.5) is 5.69 Å². The third-order valence-corrected chi connectivity index (χ3v) is 3.95. The number of halogens is 1. The lowest BCUT2D eigenvalue weighted by Crippen LogP contribution is -2.30. The summed E-state index contributed by atoms with van der Waals surface area (Å²) in [5.74, 6) is 0.0492. The van der Waals surface area contributed by atoms with Crippen molar-refractivity contribution in [2.24, 2.45) is 0 Å². The highest BCUT2D eigenvalue weighted by Crippen LogP contribution is 2.19. The number of hydrogen-bond donors (Lipinski definition) is 1. The number of hydrogen-bond acceptors (Lipinski definition) is 2. The smallest absolute Gasteiger partial charge is 0.254 e. The van der Waals surface area contributed by atoms with Gasteiger partial charge in [0.15, 0.2) is 0 Å². The van der Waals surface area contributed by atoms with Gasteiger partial charge >= 0.3 is 0 Å². The average Bonchev–Trinajstić information content (AvgIpc) is 2.48. The van der Waals surface area contributed by atoms with Gasteiger partial charge in [0, 0.05) is 28.8 Å². The second-order valence-corrected chi connectivity index (χ2v) is 5.94. The minimum absolute atomic E-state index is 0.0492. The van der Waals surface area contributed by atoms with E-state index in [2.05, 4.69) is 15.9 Å². The molecule has 0 aliphatic carbocycles. The quantitative estimate of drug-likeness (QED) is 0.850. The van der Waals surface area contributed by atoms with Crippen molar-refractivity contribution in [3.8, 4) is 0 Å². The van der Waals surface area contributed by atoms with Crippen LogP contribution in [0.3, 0.4) is 0 Å². The summed E-state index contributed by atoms with van der Waals surface area (Å²) in [6.45, 7) is 5.19. The monoisotopic (exact) mass is 346 g/mol. The number of carbonyl (C=O) groups is 1. The number of nitrogens with two attached hydrogens (primary N) is 1. The maximum absolute atomic E-state index is 12.7. The Kier molecular flexibility index (Phi) is 5.02. The first-order chi connectivity index (χ1) is 10.0. The fourth-order valence-electron chi connectivity index (χ4n) is 2.17. The Morgan fingerprint density at radius 3 is 2.48 bits per heavy atom. The Bertz CT molecular complexity index is 638. The molecule has 0 fully saturated rings. The van der Waals surface area contributed by atoms with Gasteiger partial charge in [-0.2, -0.15) is 0 Å². The number of aryl methyl sites for hydroxylation is 1. The van der Waals surface area contributed by atoms with E-state index in [0.717, 1.165) is 26.9 Å².